The van der Waals surface area contributed by atoms with Crippen molar-refractivity contribution >= 4 is 29.9 Å². The highest BCUT2D eigenvalue weighted by atomic mass is 127. The van der Waals surface area contributed by atoms with E-state index in [2.05, 4.69) is 15.6 Å². The zero-order valence-corrected chi connectivity index (χ0v) is 14.5. The van der Waals surface area contributed by atoms with Crippen LogP contribution >= 0.6 is 24.0 Å². The predicted octanol–water partition coefficient (Wildman–Crippen LogP) is 3.58. The lowest BCUT2D eigenvalue weighted by atomic mass is 9.96. The fourth-order valence-corrected chi connectivity index (χ4v) is 2.49. The molecule has 1 aliphatic carbocycles. The molecule has 1 aliphatic rings. The summed E-state index contributed by atoms with van der Waals surface area (Å²) in [6.45, 7) is 0.218. The molecule has 0 aromatic heterocycles. The summed E-state index contributed by atoms with van der Waals surface area (Å²) in [6, 6.07) is 3.89. The molecule has 2 N–H and O–H groups in total. The number of hydrogen-bond acceptors (Lipinski definition) is 1. The molecule has 0 amide bonds. The van der Waals surface area contributed by atoms with E-state index in [4.69, 9.17) is 0 Å². The zero-order chi connectivity index (χ0) is 14.4. The molecule has 21 heavy (non-hydrogen) atoms. The lowest BCUT2D eigenvalue weighted by molar-refractivity contribution is 0.410. The Labute approximate surface area is 141 Å². The second-order valence-corrected chi connectivity index (χ2v) is 5.14. The molecule has 3 nitrogen and oxygen atoms in total. The SMILES string of the molecule is CN=C(NCc1cc(F)ccc1F)NC1CCCCC1.I. The van der Waals surface area contributed by atoms with Crippen molar-refractivity contribution < 1.29 is 8.78 Å². The third-order valence-corrected chi connectivity index (χ3v) is 3.62. The van der Waals surface area contributed by atoms with Gasteiger partial charge in [0.25, 0.3) is 0 Å². The number of benzene rings is 1. The molecule has 1 aromatic rings. The summed E-state index contributed by atoms with van der Waals surface area (Å²) >= 11 is 0. The van der Waals surface area contributed by atoms with Crippen LogP contribution in [-0.4, -0.2) is 19.0 Å². The van der Waals surface area contributed by atoms with Gasteiger partial charge in [-0.05, 0) is 31.0 Å². The van der Waals surface area contributed by atoms with E-state index in [1.807, 2.05) is 0 Å². The first-order valence-corrected chi connectivity index (χ1v) is 7.10. The Morgan fingerprint density at radius 2 is 1.95 bits per heavy atom. The molecule has 0 aliphatic heterocycles. The smallest absolute Gasteiger partial charge is 0.191 e. The topological polar surface area (TPSA) is 36.4 Å². The van der Waals surface area contributed by atoms with Gasteiger partial charge in [0.2, 0.25) is 0 Å². The van der Waals surface area contributed by atoms with Crippen LogP contribution in [0.25, 0.3) is 0 Å². The van der Waals surface area contributed by atoms with Crippen molar-refractivity contribution in [3.63, 3.8) is 0 Å². The van der Waals surface area contributed by atoms with E-state index in [0.29, 0.717) is 17.6 Å². The van der Waals surface area contributed by atoms with Gasteiger partial charge in [0.05, 0.1) is 0 Å². The highest BCUT2D eigenvalue weighted by Gasteiger charge is 2.14. The molecule has 0 bridgehead atoms. The first-order chi connectivity index (χ1) is 9.69. The first-order valence-electron chi connectivity index (χ1n) is 7.10. The van der Waals surface area contributed by atoms with Gasteiger partial charge in [-0.25, -0.2) is 8.78 Å². The summed E-state index contributed by atoms with van der Waals surface area (Å²) in [4.78, 5) is 4.13. The standard InChI is InChI=1S/C15H21F2N3.HI/c1-18-15(20-13-5-3-2-4-6-13)19-10-11-9-12(16)7-8-14(11)17;/h7-9,13H,2-6,10H2,1H3,(H2,18,19,20);1H. The lowest BCUT2D eigenvalue weighted by Crippen LogP contribution is -2.43. The van der Waals surface area contributed by atoms with E-state index in [-0.39, 0.29) is 30.5 Å². The maximum Gasteiger partial charge on any atom is 0.191 e. The molecular weight excluding hydrogens is 387 g/mol. The molecule has 6 heteroatoms. The van der Waals surface area contributed by atoms with Gasteiger partial charge in [0.15, 0.2) is 5.96 Å². The summed E-state index contributed by atoms with van der Waals surface area (Å²) in [5.74, 6) is -0.203. The quantitative estimate of drug-likeness (QED) is 0.455. The average molecular weight is 409 g/mol. The molecule has 0 saturated heterocycles. The highest BCUT2D eigenvalue weighted by molar-refractivity contribution is 14.0. The number of aliphatic imine (C=N–C) groups is 1. The molecule has 1 fully saturated rings. The molecule has 2 rings (SSSR count). The Hall–Kier alpha value is -0.920. The number of halogens is 3. The minimum absolute atomic E-state index is 0. The van der Waals surface area contributed by atoms with E-state index in [9.17, 15) is 8.78 Å². The van der Waals surface area contributed by atoms with E-state index in [0.717, 1.165) is 25.0 Å². The van der Waals surface area contributed by atoms with Crippen LogP contribution in [0.1, 0.15) is 37.7 Å². The van der Waals surface area contributed by atoms with E-state index in [1.165, 1.54) is 25.3 Å². The van der Waals surface area contributed by atoms with Crippen LogP contribution < -0.4 is 10.6 Å². The normalized spacial score (nSPS) is 16.2. The van der Waals surface area contributed by atoms with Gasteiger partial charge in [-0.3, -0.25) is 4.99 Å². The van der Waals surface area contributed by atoms with Crippen molar-refractivity contribution in [1.29, 1.82) is 0 Å². The Bertz CT molecular complexity index is 474. The van der Waals surface area contributed by atoms with E-state index in [1.54, 1.807) is 7.05 Å². The summed E-state index contributed by atoms with van der Waals surface area (Å²) in [5, 5.41) is 6.37. The third kappa shape index (κ3) is 5.76. The van der Waals surface area contributed by atoms with Crippen LogP contribution in [0.2, 0.25) is 0 Å². The summed E-state index contributed by atoms with van der Waals surface area (Å²) < 4.78 is 26.6. The Morgan fingerprint density at radius 3 is 2.62 bits per heavy atom. The minimum Gasteiger partial charge on any atom is -0.354 e. The molecule has 0 radical (unpaired) electrons. The molecular formula is C15H22F2IN3. The summed E-state index contributed by atoms with van der Waals surface area (Å²) in [7, 11) is 1.68. The third-order valence-electron chi connectivity index (χ3n) is 3.62. The van der Waals surface area contributed by atoms with E-state index >= 15 is 0 Å². The molecule has 1 aromatic carbocycles. The van der Waals surface area contributed by atoms with Gasteiger partial charge in [0.1, 0.15) is 11.6 Å². The van der Waals surface area contributed by atoms with Crippen LogP contribution in [0.3, 0.4) is 0 Å². The molecule has 118 valence electrons. The minimum atomic E-state index is -0.432. The molecule has 0 heterocycles. The molecule has 0 atom stereocenters. The number of rotatable bonds is 3. The fraction of sp³-hybridized carbons (Fsp3) is 0.533. The lowest BCUT2D eigenvalue weighted by Gasteiger charge is -2.24. The second-order valence-electron chi connectivity index (χ2n) is 5.14. The average Bonchev–Trinajstić information content (AvgIpc) is 2.47. The maximum atomic E-state index is 13.5. The Kier molecular flexibility index (Phi) is 7.92. The van der Waals surface area contributed by atoms with Crippen LogP contribution in [0.5, 0.6) is 0 Å². The largest absolute Gasteiger partial charge is 0.354 e. The highest BCUT2D eigenvalue weighted by Crippen LogP contribution is 2.17. The molecule has 0 unspecified atom stereocenters. The Morgan fingerprint density at radius 1 is 1.24 bits per heavy atom. The van der Waals surface area contributed by atoms with E-state index < -0.39 is 11.6 Å². The predicted molar refractivity (Wildman–Crippen MR) is 92.0 cm³/mol. The summed E-state index contributed by atoms with van der Waals surface area (Å²) in [6.07, 6.45) is 6.02. The van der Waals surface area contributed by atoms with Crippen molar-refractivity contribution in [2.24, 2.45) is 4.99 Å². The van der Waals surface area contributed by atoms with Crippen LogP contribution in [0.15, 0.2) is 23.2 Å². The van der Waals surface area contributed by atoms with Crippen molar-refractivity contribution in [3.8, 4) is 0 Å². The van der Waals surface area contributed by atoms with Gasteiger partial charge >= 0.3 is 0 Å². The van der Waals surface area contributed by atoms with Gasteiger partial charge in [-0.15, -0.1) is 24.0 Å². The first kappa shape index (κ1) is 18.1. The van der Waals surface area contributed by atoms with Crippen molar-refractivity contribution in [2.45, 2.75) is 44.7 Å². The monoisotopic (exact) mass is 409 g/mol. The van der Waals surface area contributed by atoms with Crippen molar-refractivity contribution in [3.05, 3.63) is 35.4 Å². The number of guanidine groups is 1. The number of nitrogens with one attached hydrogen (secondary N) is 2. The zero-order valence-electron chi connectivity index (χ0n) is 12.2. The fourth-order valence-electron chi connectivity index (χ4n) is 2.49. The molecule has 0 spiro atoms. The van der Waals surface area contributed by atoms with Crippen molar-refractivity contribution in [2.75, 3.05) is 7.05 Å². The van der Waals surface area contributed by atoms with Crippen LogP contribution in [-0.2, 0) is 6.54 Å². The van der Waals surface area contributed by atoms with Crippen LogP contribution in [0, 0.1) is 11.6 Å². The van der Waals surface area contributed by atoms with Gasteiger partial charge in [0, 0.05) is 25.2 Å². The van der Waals surface area contributed by atoms with Gasteiger partial charge < -0.3 is 10.6 Å². The summed E-state index contributed by atoms with van der Waals surface area (Å²) in [5.41, 5.74) is 0.302. The van der Waals surface area contributed by atoms with Crippen LogP contribution in [0.4, 0.5) is 8.78 Å². The Balaban J connectivity index is 0.00000220. The molecule has 1 saturated carbocycles. The maximum absolute atomic E-state index is 13.5. The second kappa shape index (κ2) is 9.17. The number of nitrogens with zero attached hydrogens (tertiary/aromatic N) is 1. The van der Waals surface area contributed by atoms with Gasteiger partial charge in [-0.2, -0.15) is 0 Å². The van der Waals surface area contributed by atoms with Crippen molar-refractivity contribution in [1.82, 2.24) is 10.6 Å². The number of hydrogen-bond donors (Lipinski definition) is 2. The van der Waals surface area contributed by atoms with Gasteiger partial charge in [-0.1, -0.05) is 19.3 Å².